The van der Waals surface area contributed by atoms with Gasteiger partial charge in [-0.2, -0.15) is 0 Å². The number of hydrogen-bond acceptors (Lipinski definition) is 10. The van der Waals surface area contributed by atoms with Crippen molar-refractivity contribution in [1.82, 2.24) is 0 Å². The lowest BCUT2D eigenvalue weighted by molar-refractivity contribution is -0.161. The molecular formula is C46H80NO11P. The molecule has 13 heteroatoms. The molecule has 1 unspecified atom stereocenters. The summed E-state index contributed by atoms with van der Waals surface area (Å²) >= 11 is 0. The number of aliphatic hydroxyl groups excluding tert-OH is 1. The lowest BCUT2D eigenvalue weighted by atomic mass is 10.1. The van der Waals surface area contributed by atoms with Gasteiger partial charge in [0, 0.05) is 12.8 Å². The minimum atomic E-state index is -4.74. The molecule has 0 aromatic rings. The van der Waals surface area contributed by atoms with E-state index in [1.807, 2.05) is 24.3 Å². The van der Waals surface area contributed by atoms with Gasteiger partial charge in [-0.15, -0.1) is 0 Å². The third-order valence-electron chi connectivity index (χ3n) is 9.31. The fourth-order valence-corrected chi connectivity index (χ4v) is 6.50. The maximum atomic E-state index is 12.6. The highest BCUT2D eigenvalue weighted by atomic mass is 31.2. The topological polar surface area (TPSA) is 192 Å². The molecule has 340 valence electrons. The number of phosphoric ester groups is 1. The Bertz CT molecular complexity index is 1250. The monoisotopic (exact) mass is 854 g/mol. The minimum absolute atomic E-state index is 0.126. The van der Waals surface area contributed by atoms with Gasteiger partial charge < -0.3 is 30.3 Å². The first kappa shape index (κ1) is 56.1. The molecule has 0 spiro atoms. The fraction of sp³-hybridized carbons (Fsp3) is 0.717. The lowest BCUT2D eigenvalue weighted by Gasteiger charge is -2.20. The second-order valence-corrected chi connectivity index (χ2v) is 16.4. The fourth-order valence-electron chi connectivity index (χ4n) is 5.72. The molecule has 0 aliphatic rings. The van der Waals surface area contributed by atoms with E-state index in [0.717, 1.165) is 70.6 Å². The van der Waals surface area contributed by atoms with Crippen LogP contribution in [0.4, 0.5) is 0 Å². The molecule has 0 aliphatic heterocycles. The van der Waals surface area contributed by atoms with Gasteiger partial charge in [0.25, 0.3) is 0 Å². The van der Waals surface area contributed by atoms with Gasteiger partial charge in [-0.1, -0.05) is 152 Å². The van der Waals surface area contributed by atoms with Crippen LogP contribution in [0.25, 0.3) is 0 Å². The Morgan fingerprint density at radius 2 is 1.07 bits per heavy atom. The van der Waals surface area contributed by atoms with Gasteiger partial charge >= 0.3 is 25.7 Å². The lowest BCUT2D eigenvalue weighted by Crippen LogP contribution is -2.34. The summed E-state index contributed by atoms with van der Waals surface area (Å²) in [4.78, 5) is 46.0. The van der Waals surface area contributed by atoms with E-state index < -0.39 is 51.1 Å². The molecule has 59 heavy (non-hydrogen) atoms. The number of hydrogen-bond donors (Lipinski definition) is 4. The van der Waals surface area contributed by atoms with Crippen LogP contribution in [-0.2, 0) is 37.5 Å². The molecular weight excluding hydrogens is 773 g/mol. The van der Waals surface area contributed by atoms with E-state index >= 15 is 0 Å². The third kappa shape index (κ3) is 40.3. The molecule has 0 bridgehead atoms. The number of nitrogens with two attached hydrogens (primary N) is 1. The van der Waals surface area contributed by atoms with Gasteiger partial charge in [-0.3, -0.25) is 23.4 Å². The third-order valence-corrected chi connectivity index (χ3v) is 10.3. The normalized spacial score (nSPS) is 14.8. The first-order valence-electron chi connectivity index (χ1n) is 22.4. The van der Waals surface area contributed by atoms with Crippen molar-refractivity contribution in [3.8, 4) is 0 Å². The number of unbranched alkanes of at least 4 members (excludes halogenated alkanes) is 15. The molecule has 0 amide bonds. The Morgan fingerprint density at radius 3 is 1.66 bits per heavy atom. The average molecular weight is 854 g/mol. The van der Waals surface area contributed by atoms with Gasteiger partial charge in [0.05, 0.1) is 19.3 Å². The van der Waals surface area contributed by atoms with Crippen LogP contribution in [0.1, 0.15) is 174 Å². The van der Waals surface area contributed by atoms with Crippen molar-refractivity contribution < 1.29 is 52.6 Å². The Kier molecular flexibility index (Phi) is 38.6. The molecule has 0 aliphatic carbocycles. The van der Waals surface area contributed by atoms with E-state index in [0.29, 0.717) is 19.3 Å². The van der Waals surface area contributed by atoms with Gasteiger partial charge in [0.1, 0.15) is 12.6 Å². The predicted octanol–water partition coefficient (Wildman–Crippen LogP) is 10.9. The first-order valence-corrected chi connectivity index (χ1v) is 23.9. The highest BCUT2D eigenvalue weighted by molar-refractivity contribution is 7.47. The molecule has 0 aromatic carbocycles. The van der Waals surface area contributed by atoms with Crippen molar-refractivity contribution in [1.29, 1.82) is 0 Å². The summed E-state index contributed by atoms with van der Waals surface area (Å²) in [5.41, 5.74) is 5.33. The maximum absolute atomic E-state index is 12.6. The number of allylic oxidation sites excluding steroid dienone is 9. The van der Waals surface area contributed by atoms with Crippen LogP contribution in [0.3, 0.4) is 0 Å². The van der Waals surface area contributed by atoms with Crippen LogP contribution in [0, 0.1) is 0 Å². The summed E-state index contributed by atoms with van der Waals surface area (Å²) in [6.07, 6.45) is 43.4. The van der Waals surface area contributed by atoms with Crippen LogP contribution >= 0.6 is 7.82 Å². The van der Waals surface area contributed by atoms with E-state index in [-0.39, 0.29) is 25.6 Å². The summed E-state index contributed by atoms with van der Waals surface area (Å²) in [6.45, 7) is 2.57. The Labute approximate surface area is 356 Å². The number of aliphatic hydroxyl groups is 1. The summed E-state index contributed by atoms with van der Waals surface area (Å²) in [6, 6.07) is -1.54. The number of aliphatic carboxylic acids is 1. The van der Waals surface area contributed by atoms with E-state index in [1.165, 1.54) is 57.8 Å². The van der Waals surface area contributed by atoms with Crippen LogP contribution in [0.15, 0.2) is 60.8 Å². The van der Waals surface area contributed by atoms with Gasteiger partial charge in [-0.25, -0.2) is 4.57 Å². The zero-order chi connectivity index (χ0) is 43.7. The van der Waals surface area contributed by atoms with Gasteiger partial charge in [0.15, 0.2) is 6.10 Å². The zero-order valence-electron chi connectivity index (χ0n) is 36.4. The van der Waals surface area contributed by atoms with Gasteiger partial charge in [-0.05, 0) is 70.6 Å². The van der Waals surface area contributed by atoms with Crippen molar-refractivity contribution in [3.05, 3.63) is 60.8 Å². The number of rotatable bonds is 41. The van der Waals surface area contributed by atoms with Crippen molar-refractivity contribution in [2.75, 3.05) is 19.8 Å². The Balaban J connectivity index is 4.47. The summed E-state index contributed by atoms with van der Waals surface area (Å²) in [5.74, 6) is -2.49. The van der Waals surface area contributed by atoms with Crippen molar-refractivity contribution in [2.45, 2.75) is 193 Å². The predicted molar refractivity (Wildman–Crippen MR) is 237 cm³/mol. The molecule has 0 saturated heterocycles. The molecule has 4 atom stereocenters. The molecule has 0 fully saturated rings. The largest absolute Gasteiger partial charge is 0.480 e. The maximum Gasteiger partial charge on any atom is 0.472 e. The minimum Gasteiger partial charge on any atom is -0.480 e. The standard InChI is InChI=1S/C46H80NO11P/c1-3-5-7-8-9-10-11-12-13-14-15-16-21-24-27-30-33-37-45(50)58-42(39-56-59(53,54)57-40-43(47)46(51)52)38-55-44(49)36-32-29-26-23-20-18-17-19-22-25-28-31-35-41(48)34-6-4-2/h12-13,17-18,22-23,25-26,31,35,41-43,48H,3-11,14-16,19-21,24,27-30,32-34,36-40,47H2,1-2H3,(H,51,52)(H,53,54)/b13-12-,18-17-,25-22-,26-23-,35-31-/t41-,42+,43-/m0/s1. The van der Waals surface area contributed by atoms with Crippen molar-refractivity contribution in [3.63, 3.8) is 0 Å². The Hall–Kier alpha value is -2.86. The number of ether oxygens (including phenoxy) is 2. The highest BCUT2D eigenvalue weighted by Crippen LogP contribution is 2.43. The van der Waals surface area contributed by atoms with Crippen LogP contribution < -0.4 is 5.73 Å². The number of carbonyl (C=O) groups excluding carboxylic acids is 2. The molecule has 0 aromatic heterocycles. The van der Waals surface area contributed by atoms with E-state index in [9.17, 15) is 28.9 Å². The van der Waals surface area contributed by atoms with Crippen LogP contribution in [0.5, 0.6) is 0 Å². The van der Waals surface area contributed by atoms with E-state index in [2.05, 4.69) is 54.8 Å². The molecule has 0 radical (unpaired) electrons. The molecule has 5 N–H and O–H groups in total. The van der Waals surface area contributed by atoms with Crippen molar-refractivity contribution in [2.24, 2.45) is 5.73 Å². The van der Waals surface area contributed by atoms with E-state index in [1.54, 1.807) is 0 Å². The van der Waals surface area contributed by atoms with E-state index in [4.69, 9.17) is 24.8 Å². The SMILES string of the molecule is CCCCCCCC/C=C\CCCCCCCCCC(=O)O[C@H](COC(=O)CCC/C=C\C/C=C\C/C=C\C/C=C\[C@@H](O)CCCC)COP(=O)(O)OC[C@H](N)C(=O)O. The second-order valence-electron chi connectivity index (χ2n) is 15.0. The Morgan fingerprint density at radius 1 is 0.593 bits per heavy atom. The zero-order valence-corrected chi connectivity index (χ0v) is 37.3. The summed E-state index contributed by atoms with van der Waals surface area (Å²) in [5, 5.41) is 18.7. The summed E-state index contributed by atoms with van der Waals surface area (Å²) in [7, 11) is -4.74. The smallest absolute Gasteiger partial charge is 0.472 e. The van der Waals surface area contributed by atoms with Crippen LogP contribution in [0.2, 0.25) is 0 Å². The average Bonchev–Trinajstić information content (AvgIpc) is 3.21. The molecule has 12 nitrogen and oxygen atoms in total. The molecule has 0 rings (SSSR count). The number of carbonyl (C=O) groups is 3. The number of carboxylic acid groups (broad SMARTS) is 1. The number of carboxylic acids is 1. The quantitative estimate of drug-likeness (QED) is 0.0197. The molecule has 0 heterocycles. The highest BCUT2D eigenvalue weighted by Gasteiger charge is 2.28. The number of esters is 2. The second kappa shape index (κ2) is 40.5. The first-order chi connectivity index (χ1) is 28.5. The van der Waals surface area contributed by atoms with Gasteiger partial charge in [0.2, 0.25) is 0 Å². The van der Waals surface area contributed by atoms with Crippen LogP contribution in [-0.4, -0.2) is 71.1 Å². The molecule has 0 saturated carbocycles. The summed E-state index contributed by atoms with van der Waals surface area (Å²) < 4.78 is 32.6. The van der Waals surface area contributed by atoms with Crippen molar-refractivity contribution >= 4 is 25.7 Å². The number of phosphoric acid groups is 1.